The first-order valence-electron chi connectivity index (χ1n) is 9.32. The van der Waals surface area contributed by atoms with E-state index in [9.17, 15) is 9.59 Å². The van der Waals surface area contributed by atoms with E-state index in [-0.39, 0.29) is 11.8 Å². The molecule has 3 heterocycles. The summed E-state index contributed by atoms with van der Waals surface area (Å²) in [5, 5.41) is 13.9. The number of carbonyl (C=O) groups excluding carboxylic acids is 2. The number of aryl methyl sites for hydroxylation is 1. The lowest BCUT2D eigenvalue weighted by Gasteiger charge is -2.12. The van der Waals surface area contributed by atoms with Gasteiger partial charge in [-0.2, -0.15) is 4.98 Å². The van der Waals surface area contributed by atoms with Crippen LogP contribution < -0.4 is 21.3 Å². The van der Waals surface area contributed by atoms with Gasteiger partial charge in [0.05, 0.1) is 11.9 Å². The summed E-state index contributed by atoms with van der Waals surface area (Å²) in [6, 6.07) is 7.56. The van der Waals surface area contributed by atoms with Crippen LogP contribution >= 0.6 is 22.9 Å². The molecule has 0 bridgehead atoms. The number of hydrogen-bond donors (Lipinski definition) is 4. The number of aromatic nitrogens is 2. The van der Waals surface area contributed by atoms with Crippen molar-refractivity contribution in [3.05, 3.63) is 51.3 Å². The third-order valence-corrected chi connectivity index (χ3v) is 5.78. The Kier molecular flexibility index (Phi) is 5.82. The Hall–Kier alpha value is -3.17. The largest absolute Gasteiger partial charge is 0.354 e. The molecule has 154 valence electrons. The molecule has 1 aromatic carbocycles. The molecule has 4 rings (SSSR count). The van der Waals surface area contributed by atoms with Crippen molar-refractivity contribution >= 4 is 63.6 Å². The second kappa shape index (κ2) is 8.68. The topological polar surface area (TPSA) is 108 Å². The number of nitrogens with zero attached hydrogens (tertiary/aromatic N) is 2. The number of benzene rings is 1. The summed E-state index contributed by atoms with van der Waals surface area (Å²) in [4.78, 5) is 33.0. The van der Waals surface area contributed by atoms with Crippen molar-refractivity contribution < 1.29 is 9.59 Å². The van der Waals surface area contributed by atoms with Crippen LogP contribution in [0.1, 0.15) is 28.1 Å². The second-order valence-electron chi connectivity index (χ2n) is 6.66. The zero-order valence-electron chi connectivity index (χ0n) is 16.1. The highest BCUT2D eigenvalue weighted by molar-refractivity contribution is 7.12. The second-order valence-corrected chi connectivity index (χ2v) is 7.98. The van der Waals surface area contributed by atoms with Crippen molar-refractivity contribution in [2.45, 2.75) is 19.3 Å². The Balaban J connectivity index is 1.56. The van der Waals surface area contributed by atoms with Gasteiger partial charge in [0.1, 0.15) is 9.90 Å². The molecule has 4 N–H and O–H groups in total. The molecule has 1 aliphatic heterocycles. The maximum atomic E-state index is 12.0. The first kappa shape index (κ1) is 20.1. The summed E-state index contributed by atoms with van der Waals surface area (Å²) in [5.74, 6) is 0.533. The lowest BCUT2D eigenvalue weighted by Crippen LogP contribution is -2.17. The molecule has 0 saturated heterocycles. The quantitative estimate of drug-likeness (QED) is 0.469. The number of thiophene rings is 1. The zero-order chi connectivity index (χ0) is 21.1. The lowest BCUT2D eigenvalue weighted by molar-refractivity contribution is -0.116. The number of halogens is 1. The minimum absolute atomic E-state index is 0.0165. The number of rotatable bonds is 5. The van der Waals surface area contributed by atoms with E-state index in [4.69, 9.17) is 11.6 Å². The summed E-state index contributed by atoms with van der Waals surface area (Å²) in [6.07, 6.45) is 3.69. The molecule has 2 amide bonds. The van der Waals surface area contributed by atoms with E-state index in [1.165, 1.54) is 17.5 Å². The zero-order valence-corrected chi connectivity index (χ0v) is 17.7. The summed E-state index contributed by atoms with van der Waals surface area (Å²) in [5.41, 5.74) is 3.25. The minimum Gasteiger partial charge on any atom is -0.354 e. The van der Waals surface area contributed by atoms with Gasteiger partial charge in [-0.1, -0.05) is 17.7 Å². The van der Waals surface area contributed by atoms with Gasteiger partial charge in [0.15, 0.2) is 5.82 Å². The average Bonchev–Trinajstić information content (AvgIpc) is 3.11. The highest BCUT2D eigenvalue weighted by Gasteiger charge is 2.16. The van der Waals surface area contributed by atoms with Gasteiger partial charge < -0.3 is 21.3 Å². The van der Waals surface area contributed by atoms with Gasteiger partial charge in [0, 0.05) is 24.8 Å². The van der Waals surface area contributed by atoms with Crippen LogP contribution in [0.2, 0.25) is 5.02 Å². The molecule has 3 aromatic rings. The fourth-order valence-electron chi connectivity index (χ4n) is 3.11. The SMILES string of the molecule is CNC(=O)c1sccc1Nc1nc(Nc2ccc3c(c2)NC(=O)CCC3)ncc1Cl. The molecule has 8 nitrogen and oxygen atoms in total. The molecule has 0 aliphatic carbocycles. The fraction of sp³-hybridized carbons (Fsp3) is 0.200. The predicted octanol–water partition coefficient (Wildman–Crippen LogP) is 4.31. The lowest BCUT2D eigenvalue weighted by atomic mass is 10.1. The van der Waals surface area contributed by atoms with Crippen molar-refractivity contribution in [3.8, 4) is 0 Å². The molecule has 0 unspecified atom stereocenters. The van der Waals surface area contributed by atoms with Gasteiger partial charge in [0.2, 0.25) is 11.9 Å². The van der Waals surface area contributed by atoms with Crippen molar-refractivity contribution in [2.24, 2.45) is 0 Å². The monoisotopic (exact) mass is 442 g/mol. The van der Waals surface area contributed by atoms with Crippen LogP contribution in [0.5, 0.6) is 0 Å². The van der Waals surface area contributed by atoms with Crippen LogP contribution in [0, 0.1) is 0 Å². The summed E-state index contributed by atoms with van der Waals surface area (Å²) >= 11 is 7.57. The van der Waals surface area contributed by atoms with Crippen LogP contribution in [0.4, 0.5) is 28.8 Å². The van der Waals surface area contributed by atoms with E-state index < -0.39 is 0 Å². The highest BCUT2D eigenvalue weighted by atomic mass is 35.5. The fourth-order valence-corrected chi connectivity index (χ4v) is 4.04. The molecule has 2 aromatic heterocycles. The van der Waals surface area contributed by atoms with Crippen molar-refractivity contribution in [1.29, 1.82) is 0 Å². The van der Waals surface area contributed by atoms with Crippen molar-refractivity contribution in [2.75, 3.05) is 23.0 Å². The van der Waals surface area contributed by atoms with Crippen molar-refractivity contribution in [1.82, 2.24) is 15.3 Å². The molecule has 1 aliphatic rings. The third kappa shape index (κ3) is 4.37. The van der Waals surface area contributed by atoms with Gasteiger partial charge >= 0.3 is 0 Å². The van der Waals surface area contributed by atoms with Gasteiger partial charge in [-0.15, -0.1) is 11.3 Å². The predicted molar refractivity (Wildman–Crippen MR) is 119 cm³/mol. The van der Waals surface area contributed by atoms with Crippen LogP contribution in [0.3, 0.4) is 0 Å². The summed E-state index contributed by atoms with van der Waals surface area (Å²) < 4.78 is 0. The van der Waals surface area contributed by atoms with Crippen LogP contribution in [0.25, 0.3) is 0 Å². The minimum atomic E-state index is -0.192. The molecule has 0 saturated carbocycles. The number of hydrogen-bond acceptors (Lipinski definition) is 7. The first-order chi connectivity index (χ1) is 14.5. The van der Waals surface area contributed by atoms with Crippen molar-refractivity contribution in [3.63, 3.8) is 0 Å². The molecule has 10 heteroatoms. The smallest absolute Gasteiger partial charge is 0.263 e. The summed E-state index contributed by atoms with van der Waals surface area (Å²) in [6.45, 7) is 0. The standard InChI is InChI=1S/C20H19ClN6O2S/c1-22-19(29)17-14(7-8-30-17)26-18-13(21)10-23-20(27-18)24-12-6-5-11-3-2-4-16(28)25-15(11)9-12/h5-10H,2-4H2,1H3,(H,22,29)(H,25,28)(H2,23,24,26,27). The van der Waals surface area contributed by atoms with Crippen LogP contribution in [-0.2, 0) is 11.2 Å². The number of carbonyl (C=O) groups is 2. The summed E-state index contributed by atoms with van der Waals surface area (Å²) in [7, 11) is 1.58. The maximum Gasteiger partial charge on any atom is 0.263 e. The number of amides is 2. The van der Waals surface area contributed by atoms with Crippen LogP contribution in [-0.4, -0.2) is 28.8 Å². The van der Waals surface area contributed by atoms with Gasteiger partial charge in [-0.05, 0) is 42.0 Å². The Morgan fingerprint density at radius 1 is 1.23 bits per heavy atom. The Morgan fingerprint density at radius 2 is 2.10 bits per heavy atom. The van der Waals surface area contributed by atoms with Gasteiger partial charge in [0.25, 0.3) is 5.91 Å². The maximum absolute atomic E-state index is 12.0. The Bertz CT molecular complexity index is 1120. The van der Waals surface area contributed by atoms with E-state index in [1.54, 1.807) is 13.1 Å². The van der Waals surface area contributed by atoms with E-state index in [2.05, 4.69) is 31.2 Å². The average molecular weight is 443 g/mol. The number of anilines is 5. The highest BCUT2D eigenvalue weighted by Crippen LogP contribution is 2.30. The molecule has 0 radical (unpaired) electrons. The number of nitrogens with one attached hydrogen (secondary N) is 4. The molecular weight excluding hydrogens is 424 g/mol. The molecule has 30 heavy (non-hydrogen) atoms. The van der Waals surface area contributed by atoms with Crippen LogP contribution in [0.15, 0.2) is 35.8 Å². The molecule has 0 spiro atoms. The van der Waals surface area contributed by atoms with E-state index >= 15 is 0 Å². The molecular formula is C20H19ClN6O2S. The Labute approximate surface area is 182 Å². The molecule has 0 atom stereocenters. The Morgan fingerprint density at radius 3 is 2.93 bits per heavy atom. The molecule has 0 fully saturated rings. The third-order valence-electron chi connectivity index (χ3n) is 4.59. The van der Waals surface area contributed by atoms with Gasteiger partial charge in [-0.25, -0.2) is 4.98 Å². The van der Waals surface area contributed by atoms with E-state index in [0.29, 0.717) is 33.8 Å². The van der Waals surface area contributed by atoms with E-state index in [0.717, 1.165) is 29.8 Å². The first-order valence-corrected chi connectivity index (χ1v) is 10.6. The van der Waals surface area contributed by atoms with E-state index in [1.807, 2.05) is 23.6 Å². The number of fused-ring (bicyclic) bond motifs is 1. The normalized spacial score (nSPS) is 13.1. The van der Waals surface area contributed by atoms with Gasteiger partial charge in [-0.3, -0.25) is 9.59 Å².